The van der Waals surface area contributed by atoms with Gasteiger partial charge < -0.3 is 5.73 Å². The van der Waals surface area contributed by atoms with Gasteiger partial charge >= 0.3 is 6.03 Å². The number of nitrogens with two attached hydrogens (primary N) is 1. The van der Waals surface area contributed by atoms with Crippen LogP contribution in [0.4, 0.5) is 4.79 Å². The van der Waals surface area contributed by atoms with Crippen LogP contribution in [0, 0.1) is 0 Å². The first-order chi connectivity index (χ1) is 6.68. The molecule has 0 heterocycles. The zero-order valence-corrected chi connectivity index (χ0v) is 7.44. The average Bonchev–Trinajstić information content (AvgIpc) is 2.15. The predicted octanol–water partition coefficient (Wildman–Crippen LogP) is 0.895. The van der Waals surface area contributed by atoms with Crippen molar-refractivity contribution in [1.29, 1.82) is 0 Å². The quantitative estimate of drug-likeness (QED) is 0.680. The number of imide groups is 1. The summed E-state index contributed by atoms with van der Waals surface area (Å²) >= 11 is 0. The second-order valence-electron chi connectivity index (χ2n) is 2.60. The first-order valence-electron chi connectivity index (χ1n) is 4.02. The molecule has 0 spiro atoms. The normalized spacial score (nSPS) is 10.0. The van der Waals surface area contributed by atoms with Gasteiger partial charge in [0.2, 0.25) is 0 Å². The van der Waals surface area contributed by atoms with Crippen molar-refractivity contribution in [1.82, 2.24) is 5.32 Å². The molecule has 0 unspecified atom stereocenters. The van der Waals surface area contributed by atoms with Crippen LogP contribution in [0.5, 0.6) is 0 Å². The van der Waals surface area contributed by atoms with Gasteiger partial charge in [-0.25, -0.2) is 4.79 Å². The molecule has 0 saturated heterocycles. The van der Waals surface area contributed by atoms with Crippen molar-refractivity contribution in [2.75, 3.05) is 0 Å². The third kappa shape index (κ3) is 3.53. The van der Waals surface area contributed by atoms with Crippen molar-refractivity contribution >= 4 is 18.0 Å². The summed E-state index contributed by atoms with van der Waals surface area (Å²) in [5.74, 6) is -0.527. The molecular weight excluding hydrogens is 180 g/mol. The van der Waals surface area contributed by atoms with Gasteiger partial charge in [-0.15, -0.1) is 0 Å². The zero-order chi connectivity index (χ0) is 10.4. The minimum atomic E-state index is -0.854. The zero-order valence-electron chi connectivity index (χ0n) is 7.44. The highest BCUT2D eigenvalue weighted by Crippen LogP contribution is 2.00. The molecule has 0 saturated carbocycles. The molecule has 0 radical (unpaired) electrons. The average molecular weight is 190 g/mol. The van der Waals surface area contributed by atoms with E-state index in [1.807, 2.05) is 35.6 Å². The lowest BCUT2D eigenvalue weighted by Crippen LogP contribution is -2.33. The van der Waals surface area contributed by atoms with Crippen LogP contribution in [0.2, 0.25) is 0 Å². The Hall–Kier alpha value is -2.10. The standard InChI is InChI=1S/C10H10N2O2/c11-10(14)12-9(13)7-6-8-4-2-1-3-5-8/h1-7H,(H3,11,12,13,14). The second kappa shape index (κ2) is 4.81. The van der Waals surface area contributed by atoms with Gasteiger partial charge in [0.05, 0.1) is 0 Å². The van der Waals surface area contributed by atoms with E-state index in [1.54, 1.807) is 6.08 Å². The van der Waals surface area contributed by atoms with E-state index in [1.165, 1.54) is 6.08 Å². The van der Waals surface area contributed by atoms with E-state index in [-0.39, 0.29) is 0 Å². The van der Waals surface area contributed by atoms with Gasteiger partial charge in [-0.1, -0.05) is 30.3 Å². The molecule has 4 heteroatoms. The van der Waals surface area contributed by atoms with Crippen molar-refractivity contribution in [3.63, 3.8) is 0 Å². The van der Waals surface area contributed by atoms with Gasteiger partial charge in [-0.3, -0.25) is 10.1 Å². The summed E-state index contributed by atoms with van der Waals surface area (Å²) in [7, 11) is 0. The number of amides is 3. The predicted molar refractivity (Wildman–Crippen MR) is 53.2 cm³/mol. The Balaban J connectivity index is 2.56. The number of nitrogens with one attached hydrogen (secondary N) is 1. The van der Waals surface area contributed by atoms with Crippen molar-refractivity contribution in [3.05, 3.63) is 42.0 Å². The van der Waals surface area contributed by atoms with Crippen molar-refractivity contribution in [2.45, 2.75) is 0 Å². The van der Waals surface area contributed by atoms with Gasteiger partial charge in [0.15, 0.2) is 0 Å². The van der Waals surface area contributed by atoms with E-state index in [0.717, 1.165) is 5.56 Å². The van der Waals surface area contributed by atoms with Crippen LogP contribution in [-0.4, -0.2) is 11.9 Å². The van der Waals surface area contributed by atoms with E-state index in [4.69, 9.17) is 5.73 Å². The lowest BCUT2D eigenvalue weighted by atomic mass is 10.2. The monoisotopic (exact) mass is 190 g/mol. The molecule has 3 amide bonds. The van der Waals surface area contributed by atoms with Gasteiger partial charge in [-0.2, -0.15) is 0 Å². The number of carbonyl (C=O) groups is 2. The highest BCUT2D eigenvalue weighted by Gasteiger charge is 1.97. The first-order valence-corrected chi connectivity index (χ1v) is 4.02. The van der Waals surface area contributed by atoms with E-state index < -0.39 is 11.9 Å². The largest absolute Gasteiger partial charge is 0.351 e. The van der Waals surface area contributed by atoms with E-state index in [9.17, 15) is 9.59 Å². The molecule has 0 fully saturated rings. The summed E-state index contributed by atoms with van der Waals surface area (Å²) in [4.78, 5) is 21.2. The third-order valence-corrected chi connectivity index (χ3v) is 1.47. The smallest absolute Gasteiger partial charge is 0.319 e. The summed E-state index contributed by atoms with van der Waals surface area (Å²) in [6, 6.07) is 8.41. The van der Waals surface area contributed by atoms with E-state index in [0.29, 0.717) is 0 Å². The summed E-state index contributed by atoms with van der Waals surface area (Å²) in [5, 5.41) is 1.93. The Morgan fingerprint density at radius 2 is 1.86 bits per heavy atom. The van der Waals surface area contributed by atoms with E-state index in [2.05, 4.69) is 0 Å². The molecule has 0 aliphatic heterocycles. The summed E-state index contributed by atoms with van der Waals surface area (Å²) < 4.78 is 0. The Morgan fingerprint density at radius 1 is 1.21 bits per heavy atom. The molecule has 0 atom stereocenters. The fourth-order valence-corrected chi connectivity index (χ4v) is 0.899. The summed E-state index contributed by atoms with van der Waals surface area (Å²) in [6.07, 6.45) is 2.85. The van der Waals surface area contributed by atoms with Crippen LogP contribution < -0.4 is 11.1 Å². The van der Waals surface area contributed by atoms with Crippen LogP contribution in [0.25, 0.3) is 6.08 Å². The number of benzene rings is 1. The van der Waals surface area contributed by atoms with Gasteiger partial charge in [0, 0.05) is 6.08 Å². The third-order valence-electron chi connectivity index (χ3n) is 1.47. The maximum Gasteiger partial charge on any atom is 0.319 e. The van der Waals surface area contributed by atoms with Crippen molar-refractivity contribution < 1.29 is 9.59 Å². The van der Waals surface area contributed by atoms with Crippen LogP contribution in [0.3, 0.4) is 0 Å². The number of carbonyl (C=O) groups excluding carboxylic acids is 2. The fraction of sp³-hybridized carbons (Fsp3) is 0. The number of urea groups is 1. The molecular formula is C10H10N2O2. The summed E-state index contributed by atoms with van der Waals surface area (Å²) in [6.45, 7) is 0. The van der Waals surface area contributed by atoms with Crippen LogP contribution >= 0.6 is 0 Å². The molecule has 0 bridgehead atoms. The lowest BCUT2D eigenvalue weighted by Gasteiger charge is -1.93. The lowest BCUT2D eigenvalue weighted by molar-refractivity contribution is -0.115. The first kappa shape index (κ1) is 9.98. The maximum absolute atomic E-state index is 10.9. The molecule has 1 aromatic rings. The molecule has 72 valence electrons. The Bertz CT molecular complexity index is 358. The molecule has 0 aliphatic carbocycles. The van der Waals surface area contributed by atoms with Crippen molar-refractivity contribution in [2.24, 2.45) is 5.73 Å². The Labute approximate surface area is 81.4 Å². The van der Waals surface area contributed by atoms with Crippen LogP contribution in [-0.2, 0) is 4.79 Å². The minimum absolute atomic E-state index is 0.527. The van der Waals surface area contributed by atoms with Gasteiger partial charge in [0.1, 0.15) is 0 Å². The molecule has 4 nitrogen and oxygen atoms in total. The number of hydrogen-bond acceptors (Lipinski definition) is 2. The summed E-state index contributed by atoms with van der Waals surface area (Å²) in [5.41, 5.74) is 5.64. The number of primary amides is 1. The molecule has 3 N–H and O–H groups in total. The number of hydrogen-bond donors (Lipinski definition) is 2. The highest BCUT2D eigenvalue weighted by molar-refractivity contribution is 6.01. The molecule has 0 aliphatic rings. The van der Waals surface area contributed by atoms with Gasteiger partial charge in [0.25, 0.3) is 5.91 Å². The molecule has 1 aromatic carbocycles. The number of rotatable bonds is 2. The Morgan fingerprint density at radius 3 is 2.43 bits per heavy atom. The Kier molecular flexibility index (Phi) is 3.43. The maximum atomic E-state index is 10.9. The molecule has 1 rings (SSSR count). The SMILES string of the molecule is NC(=O)NC(=O)C=Cc1ccccc1. The highest BCUT2D eigenvalue weighted by atomic mass is 16.2. The van der Waals surface area contributed by atoms with Crippen LogP contribution in [0.15, 0.2) is 36.4 Å². The van der Waals surface area contributed by atoms with Crippen molar-refractivity contribution in [3.8, 4) is 0 Å². The second-order valence-corrected chi connectivity index (χ2v) is 2.60. The van der Waals surface area contributed by atoms with E-state index >= 15 is 0 Å². The minimum Gasteiger partial charge on any atom is -0.351 e. The van der Waals surface area contributed by atoms with Gasteiger partial charge in [-0.05, 0) is 11.6 Å². The molecule has 14 heavy (non-hydrogen) atoms. The fourth-order valence-electron chi connectivity index (χ4n) is 0.899. The topological polar surface area (TPSA) is 72.2 Å². The molecule has 0 aromatic heterocycles. The van der Waals surface area contributed by atoms with Crippen LogP contribution in [0.1, 0.15) is 5.56 Å².